The molecule has 8 nitrogen and oxygen atoms in total. The second kappa shape index (κ2) is 11.2. The van der Waals surface area contributed by atoms with Crippen molar-refractivity contribution in [3.05, 3.63) is 58.9 Å². The molecule has 0 unspecified atom stereocenters. The van der Waals surface area contributed by atoms with Gasteiger partial charge in [0.15, 0.2) is 0 Å². The zero-order chi connectivity index (χ0) is 23.9. The van der Waals surface area contributed by atoms with Gasteiger partial charge in [-0.15, -0.1) is 11.3 Å². The molecular formula is C24H26ClN5O3S. The van der Waals surface area contributed by atoms with Gasteiger partial charge < -0.3 is 15.4 Å². The van der Waals surface area contributed by atoms with E-state index in [1.54, 1.807) is 31.4 Å². The minimum atomic E-state index is -0.545. The van der Waals surface area contributed by atoms with Gasteiger partial charge in [-0.3, -0.25) is 0 Å². The number of nitrogens with zero attached hydrogens (tertiary/aromatic N) is 2. The van der Waals surface area contributed by atoms with Crippen molar-refractivity contribution >= 4 is 45.8 Å². The van der Waals surface area contributed by atoms with Crippen molar-refractivity contribution < 1.29 is 14.3 Å². The van der Waals surface area contributed by atoms with E-state index in [-0.39, 0.29) is 6.04 Å². The Morgan fingerprint density at radius 1 is 1.06 bits per heavy atom. The fourth-order valence-corrected chi connectivity index (χ4v) is 4.64. The molecule has 0 radical (unpaired) electrons. The maximum atomic E-state index is 13.1. The van der Waals surface area contributed by atoms with E-state index >= 15 is 0 Å². The molecular weight excluding hydrogens is 474 g/mol. The van der Waals surface area contributed by atoms with Crippen LogP contribution in [0.5, 0.6) is 5.75 Å². The maximum absolute atomic E-state index is 13.1. The number of rotatable bonds is 5. The molecule has 2 aromatic carbocycles. The molecule has 4 rings (SSSR count). The van der Waals surface area contributed by atoms with Crippen LogP contribution in [0.3, 0.4) is 0 Å². The number of anilines is 2. The molecule has 0 atom stereocenters. The summed E-state index contributed by atoms with van der Waals surface area (Å²) in [5, 5.41) is 9.60. The van der Waals surface area contributed by atoms with Crippen molar-refractivity contribution in [2.75, 3.05) is 17.4 Å². The predicted octanol–water partition coefficient (Wildman–Crippen LogP) is 6.06. The van der Waals surface area contributed by atoms with Crippen molar-refractivity contribution in [1.29, 1.82) is 0 Å². The molecule has 0 aliphatic heterocycles. The number of ether oxygens (including phenoxy) is 1. The zero-order valence-electron chi connectivity index (χ0n) is 18.7. The third-order valence-corrected chi connectivity index (χ3v) is 6.60. The Balaban J connectivity index is 1.53. The van der Waals surface area contributed by atoms with Crippen LogP contribution >= 0.6 is 22.9 Å². The number of nitrogens with one attached hydrogen (secondary N) is 3. The fraction of sp³-hybridized carbons (Fsp3) is 0.292. The third kappa shape index (κ3) is 6.18. The number of benzene rings is 2. The highest BCUT2D eigenvalue weighted by Gasteiger charge is 2.24. The van der Waals surface area contributed by atoms with E-state index in [2.05, 4.69) is 21.0 Å². The highest BCUT2D eigenvalue weighted by molar-refractivity contribution is 7.14. The Labute approximate surface area is 207 Å². The van der Waals surface area contributed by atoms with Crippen LogP contribution in [0.15, 0.2) is 53.9 Å². The van der Waals surface area contributed by atoms with E-state index in [0.29, 0.717) is 21.5 Å². The van der Waals surface area contributed by atoms with Crippen LogP contribution in [0.1, 0.15) is 32.1 Å². The number of carbonyl (C=O) groups is 2. The quantitative estimate of drug-likeness (QED) is 0.372. The van der Waals surface area contributed by atoms with Gasteiger partial charge in [-0.1, -0.05) is 30.9 Å². The summed E-state index contributed by atoms with van der Waals surface area (Å²) in [7, 11) is 1.61. The molecule has 34 heavy (non-hydrogen) atoms. The first kappa shape index (κ1) is 23.8. The molecule has 0 spiro atoms. The van der Waals surface area contributed by atoms with Gasteiger partial charge in [-0.05, 0) is 61.4 Å². The molecule has 4 amide bonds. The molecule has 3 aromatic rings. The topological polar surface area (TPSA) is 95.6 Å². The van der Waals surface area contributed by atoms with Crippen molar-refractivity contribution in [2.24, 2.45) is 0 Å². The number of amides is 4. The predicted molar refractivity (Wildman–Crippen MR) is 136 cm³/mol. The van der Waals surface area contributed by atoms with Crippen LogP contribution in [0.25, 0.3) is 11.3 Å². The zero-order valence-corrected chi connectivity index (χ0v) is 20.3. The van der Waals surface area contributed by atoms with Gasteiger partial charge in [0.2, 0.25) is 5.13 Å². The third-order valence-electron chi connectivity index (χ3n) is 5.52. The Kier molecular flexibility index (Phi) is 7.87. The van der Waals surface area contributed by atoms with E-state index in [1.807, 2.05) is 29.6 Å². The Bertz CT molecular complexity index is 1110. The second-order valence-electron chi connectivity index (χ2n) is 7.94. The van der Waals surface area contributed by atoms with Crippen molar-refractivity contribution in [2.45, 2.75) is 38.1 Å². The number of hydrogen-bond acceptors (Lipinski definition) is 5. The van der Waals surface area contributed by atoms with Crippen molar-refractivity contribution in [1.82, 2.24) is 15.7 Å². The highest BCUT2D eigenvalue weighted by Crippen LogP contribution is 2.28. The number of urea groups is 2. The molecule has 10 heteroatoms. The Morgan fingerprint density at radius 3 is 2.44 bits per heavy atom. The Morgan fingerprint density at radius 2 is 1.76 bits per heavy atom. The summed E-state index contributed by atoms with van der Waals surface area (Å²) in [5.41, 5.74) is 4.76. The van der Waals surface area contributed by atoms with Crippen molar-refractivity contribution in [3.63, 3.8) is 0 Å². The first-order valence-corrected chi connectivity index (χ1v) is 12.3. The summed E-state index contributed by atoms with van der Waals surface area (Å²) >= 11 is 7.19. The lowest BCUT2D eigenvalue weighted by molar-refractivity contribution is 0.228. The maximum Gasteiger partial charge on any atom is 0.347 e. The first-order valence-electron chi connectivity index (χ1n) is 11.1. The molecule has 0 bridgehead atoms. The molecule has 1 saturated carbocycles. The number of hydrogen-bond donors (Lipinski definition) is 3. The fourth-order valence-electron chi connectivity index (χ4n) is 3.73. The smallest absolute Gasteiger partial charge is 0.347 e. The van der Waals surface area contributed by atoms with Crippen molar-refractivity contribution in [3.8, 4) is 17.0 Å². The number of halogens is 1. The minimum absolute atomic E-state index is 0.0982. The molecule has 0 saturated heterocycles. The van der Waals surface area contributed by atoms with Crippen LogP contribution < -0.4 is 25.8 Å². The van der Waals surface area contributed by atoms with E-state index in [4.69, 9.17) is 16.3 Å². The number of hydrazine groups is 1. The molecule has 1 fully saturated rings. The first-order chi connectivity index (χ1) is 16.5. The standard InChI is InChI=1S/C24H26ClN5O3S/c1-33-20-13-7-16(8-14-20)21-15-34-24(28-21)30(23(32)27-19-11-9-17(25)10-12-19)29-22(31)26-18-5-3-2-4-6-18/h7-15,18H,2-6H2,1H3,(H,27,32)(H2,26,29,31). The lowest BCUT2D eigenvalue weighted by Gasteiger charge is -2.26. The molecule has 3 N–H and O–H groups in total. The summed E-state index contributed by atoms with van der Waals surface area (Å²) in [4.78, 5) is 30.5. The molecule has 178 valence electrons. The molecule has 1 aromatic heterocycles. The summed E-state index contributed by atoms with van der Waals surface area (Å²) < 4.78 is 5.21. The average molecular weight is 500 g/mol. The molecule has 1 aliphatic carbocycles. The van der Waals surface area contributed by atoms with Crippen LogP contribution in [0.4, 0.5) is 20.4 Å². The summed E-state index contributed by atoms with van der Waals surface area (Å²) in [6.07, 6.45) is 5.22. The van der Waals surface area contributed by atoms with E-state index in [1.165, 1.54) is 17.8 Å². The summed E-state index contributed by atoms with van der Waals surface area (Å²) in [6.45, 7) is 0. The van der Waals surface area contributed by atoms with Crippen LogP contribution in [0.2, 0.25) is 5.02 Å². The number of methoxy groups -OCH3 is 1. The normalized spacial score (nSPS) is 13.7. The van der Waals surface area contributed by atoms with Gasteiger partial charge in [0, 0.05) is 27.7 Å². The number of aromatic nitrogens is 1. The summed E-state index contributed by atoms with van der Waals surface area (Å²) in [6, 6.07) is 13.3. The lowest BCUT2D eigenvalue weighted by atomic mass is 9.96. The van der Waals surface area contributed by atoms with Crippen LogP contribution in [-0.4, -0.2) is 30.2 Å². The molecule has 1 heterocycles. The van der Waals surface area contributed by atoms with Gasteiger partial charge in [0.25, 0.3) is 0 Å². The number of carbonyl (C=O) groups excluding carboxylic acids is 2. The lowest BCUT2D eigenvalue weighted by Crippen LogP contribution is -2.54. The second-order valence-corrected chi connectivity index (χ2v) is 9.21. The Hall–Kier alpha value is -3.30. The van der Waals surface area contributed by atoms with E-state index in [9.17, 15) is 9.59 Å². The van der Waals surface area contributed by atoms with E-state index in [0.717, 1.165) is 42.0 Å². The average Bonchev–Trinajstić information content (AvgIpc) is 3.34. The van der Waals surface area contributed by atoms with Crippen LogP contribution in [0, 0.1) is 0 Å². The monoisotopic (exact) mass is 499 g/mol. The van der Waals surface area contributed by atoms with Gasteiger partial charge in [-0.25, -0.2) is 20.0 Å². The van der Waals surface area contributed by atoms with E-state index < -0.39 is 12.1 Å². The van der Waals surface area contributed by atoms with Gasteiger partial charge in [0.1, 0.15) is 5.75 Å². The molecule has 1 aliphatic rings. The van der Waals surface area contributed by atoms with Gasteiger partial charge in [0.05, 0.1) is 12.8 Å². The SMILES string of the molecule is COc1ccc(-c2csc(N(NC(=O)NC3CCCCC3)C(=O)Nc3ccc(Cl)cc3)n2)cc1. The largest absolute Gasteiger partial charge is 0.497 e. The van der Waals surface area contributed by atoms with Gasteiger partial charge >= 0.3 is 12.1 Å². The van der Waals surface area contributed by atoms with Gasteiger partial charge in [-0.2, -0.15) is 5.01 Å². The number of thiazole rings is 1. The highest BCUT2D eigenvalue weighted by atomic mass is 35.5. The summed E-state index contributed by atoms with van der Waals surface area (Å²) in [5.74, 6) is 0.740. The van der Waals surface area contributed by atoms with Crippen LogP contribution in [-0.2, 0) is 0 Å². The minimum Gasteiger partial charge on any atom is -0.497 e.